The van der Waals surface area contributed by atoms with Gasteiger partial charge in [0.05, 0.1) is 6.61 Å². The molecule has 1 aliphatic rings. The van der Waals surface area contributed by atoms with Crippen molar-refractivity contribution in [3.63, 3.8) is 0 Å². The number of hydrogen-bond acceptors (Lipinski definition) is 3. The molecule has 0 bridgehead atoms. The largest absolute Gasteiger partial charge is 0.343 e. The lowest BCUT2D eigenvalue weighted by Crippen LogP contribution is -2.40. The highest BCUT2D eigenvalue weighted by Crippen LogP contribution is 2.18. The fraction of sp³-hybridized carbons (Fsp3) is 0.909. The minimum Gasteiger partial charge on any atom is -0.343 e. The molecular weight excluding hydrogens is 192 g/mol. The molecule has 1 saturated heterocycles. The van der Waals surface area contributed by atoms with Crippen LogP contribution in [0.4, 0.5) is 0 Å². The normalized spacial score (nSPS) is 18.5. The SMILES string of the molecule is CC(C)CC(=O)N1CCC(CON)CC1. The lowest BCUT2D eigenvalue weighted by Gasteiger charge is -2.32. The number of nitrogens with zero attached hydrogens (tertiary/aromatic N) is 1. The third-order valence-corrected chi connectivity index (χ3v) is 2.88. The van der Waals surface area contributed by atoms with E-state index >= 15 is 0 Å². The minimum absolute atomic E-state index is 0.289. The van der Waals surface area contributed by atoms with Crippen LogP contribution in [0.2, 0.25) is 0 Å². The average molecular weight is 214 g/mol. The van der Waals surface area contributed by atoms with E-state index < -0.39 is 0 Å². The number of amides is 1. The van der Waals surface area contributed by atoms with Crippen LogP contribution in [0.1, 0.15) is 33.1 Å². The van der Waals surface area contributed by atoms with Crippen molar-refractivity contribution in [2.24, 2.45) is 17.7 Å². The smallest absolute Gasteiger partial charge is 0.222 e. The fourth-order valence-corrected chi connectivity index (χ4v) is 1.96. The van der Waals surface area contributed by atoms with Crippen molar-refractivity contribution in [1.82, 2.24) is 4.90 Å². The molecule has 0 aromatic carbocycles. The lowest BCUT2D eigenvalue weighted by molar-refractivity contribution is -0.133. The Morgan fingerprint density at radius 2 is 2.07 bits per heavy atom. The quantitative estimate of drug-likeness (QED) is 0.714. The summed E-state index contributed by atoms with van der Waals surface area (Å²) in [4.78, 5) is 18.3. The third-order valence-electron chi connectivity index (χ3n) is 2.88. The Kier molecular flexibility index (Phi) is 5.05. The molecule has 0 saturated carbocycles. The van der Waals surface area contributed by atoms with E-state index in [1.807, 2.05) is 4.90 Å². The molecule has 0 aliphatic carbocycles. The predicted molar refractivity (Wildman–Crippen MR) is 58.9 cm³/mol. The number of carbonyl (C=O) groups is 1. The van der Waals surface area contributed by atoms with E-state index in [2.05, 4.69) is 18.7 Å². The summed E-state index contributed by atoms with van der Waals surface area (Å²) < 4.78 is 0. The van der Waals surface area contributed by atoms with Crippen molar-refractivity contribution in [3.8, 4) is 0 Å². The molecule has 0 unspecified atom stereocenters. The van der Waals surface area contributed by atoms with Crippen LogP contribution in [-0.4, -0.2) is 30.5 Å². The van der Waals surface area contributed by atoms with Gasteiger partial charge in [-0.05, 0) is 24.7 Å². The number of rotatable bonds is 4. The summed E-state index contributed by atoms with van der Waals surface area (Å²) in [5.41, 5.74) is 0. The molecule has 15 heavy (non-hydrogen) atoms. The molecule has 0 aromatic rings. The number of nitrogens with two attached hydrogens (primary N) is 1. The van der Waals surface area contributed by atoms with Gasteiger partial charge in [-0.15, -0.1) is 0 Å². The molecule has 1 rings (SSSR count). The van der Waals surface area contributed by atoms with Gasteiger partial charge in [0.2, 0.25) is 5.91 Å². The monoisotopic (exact) mass is 214 g/mol. The van der Waals surface area contributed by atoms with Gasteiger partial charge in [-0.2, -0.15) is 0 Å². The van der Waals surface area contributed by atoms with Gasteiger partial charge in [-0.25, -0.2) is 5.90 Å². The summed E-state index contributed by atoms with van der Waals surface area (Å²) in [5, 5.41) is 0. The van der Waals surface area contributed by atoms with Crippen LogP contribution < -0.4 is 5.90 Å². The van der Waals surface area contributed by atoms with Gasteiger partial charge < -0.3 is 9.74 Å². The van der Waals surface area contributed by atoms with E-state index in [-0.39, 0.29) is 5.91 Å². The Bertz CT molecular complexity index is 199. The molecule has 1 heterocycles. The lowest BCUT2D eigenvalue weighted by atomic mass is 9.97. The van der Waals surface area contributed by atoms with Gasteiger partial charge in [0.25, 0.3) is 0 Å². The van der Waals surface area contributed by atoms with Crippen LogP contribution in [-0.2, 0) is 9.63 Å². The summed E-state index contributed by atoms with van der Waals surface area (Å²) in [5.74, 6) is 6.30. The van der Waals surface area contributed by atoms with Gasteiger partial charge in [0.15, 0.2) is 0 Å². The van der Waals surface area contributed by atoms with Crippen LogP contribution in [0.3, 0.4) is 0 Å². The number of hydrogen-bond donors (Lipinski definition) is 1. The van der Waals surface area contributed by atoms with Gasteiger partial charge in [-0.3, -0.25) is 4.79 Å². The topological polar surface area (TPSA) is 55.6 Å². The van der Waals surface area contributed by atoms with Crippen LogP contribution in [0.5, 0.6) is 0 Å². The van der Waals surface area contributed by atoms with Crippen LogP contribution >= 0.6 is 0 Å². The van der Waals surface area contributed by atoms with E-state index in [1.165, 1.54) is 0 Å². The summed E-state index contributed by atoms with van der Waals surface area (Å²) in [6, 6.07) is 0. The van der Waals surface area contributed by atoms with Crippen molar-refractivity contribution in [3.05, 3.63) is 0 Å². The van der Waals surface area contributed by atoms with Crippen molar-refractivity contribution in [1.29, 1.82) is 0 Å². The zero-order chi connectivity index (χ0) is 11.3. The second-order valence-electron chi connectivity index (χ2n) is 4.76. The zero-order valence-electron chi connectivity index (χ0n) is 9.74. The molecule has 1 fully saturated rings. The second kappa shape index (κ2) is 6.08. The first-order valence-electron chi connectivity index (χ1n) is 5.73. The van der Waals surface area contributed by atoms with Crippen LogP contribution in [0.25, 0.3) is 0 Å². The molecular formula is C11H22N2O2. The molecule has 4 nitrogen and oxygen atoms in total. The van der Waals surface area contributed by atoms with E-state index in [9.17, 15) is 4.79 Å². The van der Waals surface area contributed by atoms with Crippen LogP contribution in [0, 0.1) is 11.8 Å². The Hall–Kier alpha value is -0.610. The molecule has 4 heteroatoms. The van der Waals surface area contributed by atoms with Crippen molar-refractivity contribution < 1.29 is 9.63 Å². The number of carbonyl (C=O) groups excluding carboxylic acids is 1. The first-order valence-corrected chi connectivity index (χ1v) is 5.73. The fourth-order valence-electron chi connectivity index (χ4n) is 1.96. The molecule has 0 atom stereocenters. The van der Waals surface area contributed by atoms with Crippen molar-refractivity contribution in [2.45, 2.75) is 33.1 Å². The highest BCUT2D eigenvalue weighted by molar-refractivity contribution is 5.76. The van der Waals surface area contributed by atoms with E-state index in [0.717, 1.165) is 25.9 Å². The highest BCUT2D eigenvalue weighted by Gasteiger charge is 2.22. The molecule has 1 aliphatic heterocycles. The maximum absolute atomic E-state index is 11.7. The predicted octanol–water partition coefficient (Wildman–Crippen LogP) is 1.16. The molecule has 0 spiro atoms. The highest BCUT2D eigenvalue weighted by atomic mass is 16.6. The first-order chi connectivity index (χ1) is 7.13. The summed E-state index contributed by atoms with van der Waals surface area (Å²) in [7, 11) is 0. The van der Waals surface area contributed by atoms with Crippen molar-refractivity contribution in [2.75, 3.05) is 19.7 Å². The van der Waals surface area contributed by atoms with Crippen molar-refractivity contribution >= 4 is 5.91 Å². The van der Waals surface area contributed by atoms with E-state index in [4.69, 9.17) is 5.90 Å². The molecule has 88 valence electrons. The molecule has 0 radical (unpaired) electrons. The first kappa shape index (κ1) is 12.5. The summed E-state index contributed by atoms with van der Waals surface area (Å²) in [6.45, 7) is 6.49. The van der Waals surface area contributed by atoms with Gasteiger partial charge >= 0.3 is 0 Å². The van der Waals surface area contributed by atoms with Gasteiger partial charge in [0.1, 0.15) is 0 Å². The molecule has 0 aromatic heterocycles. The Morgan fingerprint density at radius 1 is 1.47 bits per heavy atom. The third kappa shape index (κ3) is 4.18. The van der Waals surface area contributed by atoms with Crippen LogP contribution in [0.15, 0.2) is 0 Å². The minimum atomic E-state index is 0.289. The average Bonchev–Trinajstić information content (AvgIpc) is 2.18. The second-order valence-corrected chi connectivity index (χ2v) is 4.76. The molecule has 2 N–H and O–H groups in total. The van der Waals surface area contributed by atoms with Gasteiger partial charge in [0, 0.05) is 19.5 Å². The summed E-state index contributed by atoms with van der Waals surface area (Å²) >= 11 is 0. The Balaban J connectivity index is 2.27. The zero-order valence-corrected chi connectivity index (χ0v) is 9.74. The van der Waals surface area contributed by atoms with E-state index in [1.54, 1.807) is 0 Å². The number of piperidine rings is 1. The maximum Gasteiger partial charge on any atom is 0.222 e. The molecule has 1 amide bonds. The standard InChI is InChI=1S/C11H22N2O2/c1-9(2)7-11(14)13-5-3-10(4-6-13)8-15-12/h9-10H,3-8,12H2,1-2H3. The summed E-state index contributed by atoms with van der Waals surface area (Å²) in [6.07, 6.45) is 2.69. The van der Waals surface area contributed by atoms with Gasteiger partial charge in [-0.1, -0.05) is 13.8 Å². The maximum atomic E-state index is 11.7. The van der Waals surface area contributed by atoms with E-state index in [0.29, 0.717) is 24.9 Å². The Morgan fingerprint density at radius 3 is 2.53 bits per heavy atom. The Labute approximate surface area is 91.7 Å². The number of likely N-dealkylation sites (tertiary alicyclic amines) is 1.